The van der Waals surface area contributed by atoms with E-state index in [0.29, 0.717) is 27.4 Å². The third-order valence-corrected chi connectivity index (χ3v) is 6.33. The van der Waals surface area contributed by atoms with Crippen molar-refractivity contribution in [1.82, 2.24) is 24.1 Å². The molecule has 10 heteroatoms. The van der Waals surface area contributed by atoms with E-state index in [1.165, 1.54) is 39.6 Å². The molecular weight excluding hydrogens is 449 g/mol. The molecule has 0 aliphatic carbocycles. The lowest BCUT2D eigenvalue weighted by molar-refractivity contribution is 0.278. The number of fused-ring (bicyclic) bond motifs is 1. The van der Waals surface area contributed by atoms with Crippen molar-refractivity contribution in [3.8, 4) is 11.4 Å². The van der Waals surface area contributed by atoms with Crippen LogP contribution in [-0.2, 0) is 12.4 Å². The molecule has 0 atom stereocenters. The van der Waals surface area contributed by atoms with Gasteiger partial charge >= 0.3 is 0 Å². The Kier molecular flexibility index (Phi) is 5.70. The molecule has 5 aromatic rings. The van der Waals surface area contributed by atoms with Crippen molar-refractivity contribution in [2.45, 2.75) is 17.5 Å². The summed E-state index contributed by atoms with van der Waals surface area (Å²) in [7, 11) is 0. The molecule has 0 unspecified atom stereocenters. The Balaban J connectivity index is 1.42. The maximum atomic E-state index is 13.9. The molecule has 0 saturated heterocycles. The number of benzene rings is 2. The monoisotopic (exact) mass is 465 g/mol. The van der Waals surface area contributed by atoms with E-state index < -0.39 is 5.82 Å². The average molecular weight is 466 g/mol. The predicted molar refractivity (Wildman–Crippen MR) is 121 cm³/mol. The number of hydrogen-bond donors (Lipinski definition) is 0. The van der Waals surface area contributed by atoms with E-state index in [9.17, 15) is 9.18 Å². The molecule has 0 amide bonds. The minimum atomic E-state index is -0.436. The van der Waals surface area contributed by atoms with Crippen LogP contribution in [0.25, 0.3) is 10.6 Å². The summed E-state index contributed by atoms with van der Waals surface area (Å²) in [5, 5.41) is 11.0. The van der Waals surface area contributed by atoms with Gasteiger partial charge in [0.05, 0.1) is 5.69 Å². The molecule has 0 radical (unpaired) electrons. The van der Waals surface area contributed by atoms with E-state index >= 15 is 0 Å². The third kappa shape index (κ3) is 4.14. The lowest BCUT2D eigenvalue weighted by Crippen LogP contribution is -2.12. The Hall–Kier alpha value is -3.50. The summed E-state index contributed by atoms with van der Waals surface area (Å²) in [6.07, 6.45) is 1.71. The average Bonchev–Trinajstić information content (AvgIpc) is 3.45. The van der Waals surface area contributed by atoms with Gasteiger partial charge in [-0.2, -0.15) is 0 Å². The van der Waals surface area contributed by atoms with Crippen LogP contribution in [0, 0.1) is 5.82 Å². The SMILES string of the molecule is O=c1cc(CSc2nnc(COc3ccccc3F)n2-c2ccccc2)nc2sccn12. The largest absolute Gasteiger partial charge is 0.483 e. The van der Waals surface area contributed by atoms with Crippen LogP contribution in [-0.4, -0.2) is 24.1 Å². The highest BCUT2D eigenvalue weighted by molar-refractivity contribution is 7.98. The van der Waals surface area contributed by atoms with Crippen molar-refractivity contribution in [3.05, 3.63) is 99.9 Å². The Labute approximate surface area is 190 Å². The van der Waals surface area contributed by atoms with E-state index in [2.05, 4.69) is 15.2 Å². The minimum Gasteiger partial charge on any atom is -0.483 e. The van der Waals surface area contributed by atoms with E-state index in [4.69, 9.17) is 4.74 Å². The van der Waals surface area contributed by atoms with Crippen LogP contribution < -0.4 is 10.3 Å². The molecule has 0 bridgehead atoms. The van der Waals surface area contributed by atoms with Crippen molar-refractivity contribution < 1.29 is 9.13 Å². The van der Waals surface area contributed by atoms with Crippen molar-refractivity contribution in [2.75, 3.05) is 0 Å². The number of thioether (sulfide) groups is 1. The standard InChI is InChI=1S/C22H16FN5O2S2/c23-17-8-4-5-9-18(17)30-13-19-25-26-22(28(19)16-6-2-1-3-7-16)32-14-15-12-20(29)27-10-11-31-21(27)24-15/h1-12H,13-14H2. The third-order valence-electron chi connectivity index (χ3n) is 4.61. The Morgan fingerprint density at radius 2 is 1.88 bits per heavy atom. The van der Waals surface area contributed by atoms with E-state index in [1.54, 1.807) is 24.4 Å². The van der Waals surface area contributed by atoms with Gasteiger partial charge in [-0.1, -0.05) is 42.1 Å². The highest BCUT2D eigenvalue weighted by Gasteiger charge is 2.16. The number of rotatable bonds is 7. The second-order valence-corrected chi connectivity index (χ2v) is 8.53. The Morgan fingerprint density at radius 3 is 2.72 bits per heavy atom. The topological polar surface area (TPSA) is 74.3 Å². The molecule has 3 heterocycles. The summed E-state index contributed by atoms with van der Waals surface area (Å²) in [5.74, 6) is 0.694. The van der Waals surface area contributed by atoms with Gasteiger partial charge in [0.2, 0.25) is 0 Å². The maximum absolute atomic E-state index is 13.9. The number of thiazole rings is 1. The number of ether oxygens (including phenoxy) is 1. The summed E-state index contributed by atoms with van der Waals surface area (Å²) in [4.78, 5) is 17.4. The number of aromatic nitrogens is 5. The van der Waals surface area contributed by atoms with Gasteiger partial charge in [0, 0.05) is 29.1 Å². The fourth-order valence-electron chi connectivity index (χ4n) is 3.13. The lowest BCUT2D eigenvalue weighted by Gasteiger charge is -2.11. The van der Waals surface area contributed by atoms with Crippen molar-refractivity contribution >= 4 is 28.1 Å². The number of nitrogens with zero attached hydrogens (tertiary/aromatic N) is 5. The fourth-order valence-corrected chi connectivity index (χ4v) is 4.73. The van der Waals surface area contributed by atoms with Gasteiger partial charge in [0.25, 0.3) is 5.56 Å². The summed E-state index contributed by atoms with van der Waals surface area (Å²) in [6.45, 7) is 0.0458. The first-order valence-electron chi connectivity index (χ1n) is 9.65. The minimum absolute atomic E-state index is 0.0458. The highest BCUT2D eigenvalue weighted by Crippen LogP contribution is 2.26. The summed E-state index contributed by atoms with van der Waals surface area (Å²) < 4.78 is 23.0. The molecule has 0 fully saturated rings. The zero-order chi connectivity index (χ0) is 21.9. The van der Waals surface area contributed by atoms with Crippen LogP contribution in [0.2, 0.25) is 0 Å². The molecule has 2 aromatic carbocycles. The van der Waals surface area contributed by atoms with E-state index in [0.717, 1.165) is 5.69 Å². The zero-order valence-electron chi connectivity index (χ0n) is 16.6. The maximum Gasteiger partial charge on any atom is 0.258 e. The van der Waals surface area contributed by atoms with Gasteiger partial charge in [0.1, 0.15) is 6.61 Å². The molecule has 5 rings (SSSR count). The zero-order valence-corrected chi connectivity index (χ0v) is 18.2. The Morgan fingerprint density at radius 1 is 1.06 bits per heavy atom. The molecule has 7 nitrogen and oxygen atoms in total. The highest BCUT2D eigenvalue weighted by atomic mass is 32.2. The lowest BCUT2D eigenvalue weighted by atomic mass is 10.3. The quantitative estimate of drug-likeness (QED) is 0.333. The van der Waals surface area contributed by atoms with Crippen LogP contribution in [0.15, 0.2) is 82.2 Å². The molecule has 0 saturated carbocycles. The van der Waals surface area contributed by atoms with Crippen LogP contribution in [0.1, 0.15) is 11.5 Å². The van der Waals surface area contributed by atoms with Crippen LogP contribution in [0.4, 0.5) is 4.39 Å². The molecule has 0 spiro atoms. The van der Waals surface area contributed by atoms with Gasteiger partial charge in [-0.3, -0.25) is 13.8 Å². The smallest absolute Gasteiger partial charge is 0.258 e. The van der Waals surface area contributed by atoms with Crippen LogP contribution >= 0.6 is 23.1 Å². The Bertz CT molecular complexity index is 1430. The van der Waals surface area contributed by atoms with Crippen molar-refractivity contribution in [2.24, 2.45) is 0 Å². The molecule has 0 N–H and O–H groups in total. The molecule has 0 aliphatic rings. The van der Waals surface area contributed by atoms with Gasteiger partial charge < -0.3 is 4.74 Å². The number of halogens is 1. The second kappa shape index (κ2) is 8.93. The normalized spacial score (nSPS) is 11.2. The van der Waals surface area contributed by atoms with Gasteiger partial charge in [-0.15, -0.1) is 21.5 Å². The van der Waals surface area contributed by atoms with Crippen LogP contribution in [0.3, 0.4) is 0 Å². The van der Waals surface area contributed by atoms with E-state index in [1.807, 2.05) is 40.3 Å². The first kappa shape index (κ1) is 20.4. The number of hydrogen-bond acceptors (Lipinski definition) is 7. The predicted octanol–water partition coefficient (Wildman–Crippen LogP) is 4.35. The van der Waals surface area contributed by atoms with Crippen LogP contribution in [0.5, 0.6) is 5.75 Å². The van der Waals surface area contributed by atoms with Gasteiger partial charge in [-0.05, 0) is 24.3 Å². The molecular formula is C22H16FN5O2S2. The fraction of sp³-hybridized carbons (Fsp3) is 0.0909. The molecule has 0 aliphatic heterocycles. The molecule has 32 heavy (non-hydrogen) atoms. The summed E-state index contributed by atoms with van der Waals surface area (Å²) in [5.41, 5.74) is 1.40. The van der Waals surface area contributed by atoms with Gasteiger partial charge in [-0.25, -0.2) is 9.37 Å². The first-order chi connectivity index (χ1) is 15.7. The molecule has 160 valence electrons. The van der Waals surface area contributed by atoms with E-state index in [-0.39, 0.29) is 17.9 Å². The summed E-state index contributed by atoms with van der Waals surface area (Å²) in [6, 6.07) is 17.4. The van der Waals surface area contributed by atoms with Gasteiger partial charge in [0.15, 0.2) is 27.5 Å². The number of para-hydroxylation sites is 2. The van der Waals surface area contributed by atoms with Crippen molar-refractivity contribution in [3.63, 3.8) is 0 Å². The summed E-state index contributed by atoms with van der Waals surface area (Å²) >= 11 is 2.82. The first-order valence-corrected chi connectivity index (χ1v) is 11.5. The second-order valence-electron chi connectivity index (χ2n) is 6.72. The van der Waals surface area contributed by atoms with Crippen molar-refractivity contribution in [1.29, 1.82) is 0 Å². The molecule has 3 aromatic heterocycles.